The lowest BCUT2D eigenvalue weighted by Crippen LogP contribution is -2.18. The van der Waals surface area contributed by atoms with Gasteiger partial charge in [0.05, 0.1) is 0 Å². The molecule has 1 aromatic rings. The van der Waals surface area contributed by atoms with Crippen molar-refractivity contribution in [3.8, 4) is 5.75 Å². The number of aldehydes is 1. The number of hydrogen-bond acceptors (Lipinski definition) is 4. The minimum atomic E-state index is -0.633. The molecule has 0 spiro atoms. The zero-order valence-corrected chi connectivity index (χ0v) is 16.5. The lowest BCUT2D eigenvalue weighted by Gasteiger charge is -2.22. The summed E-state index contributed by atoms with van der Waals surface area (Å²) in [7, 11) is 1.89. The van der Waals surface area contributed by atoms with Crippen LogP contribution in [0.2, 0.25) is 0 Å². The van der Waals surface area contributed by atoms with Gasteiger partial charge in [0.15, 0.2) is 0 Å². The maximum atomic E-state index is 14.0. The largest absolute Gasteiger partial charge is 0.507 e. The number of allylic oxidation sites excluding steroid dienone is 4. The Morgan fingerprint density at radius 1 is 1.40 bits per heavy atom. The van der Waals surface area contributed by atoms with E-state index < -0.39 is 5.41 Å². The molecule has 0 radical (unpaired) electrons. The summed E-state index contributed by atoms with van der Waals surface area (Å²) < 4.78 is 16.9. The summed E-state index contributed by atoms with van der Waals surface area (Å²) in [5.74, 6) is 0.0156. The van der Waals surface area contributed by atoms with Gasteiger partial charge in [0, 0.05) is 17.4 Å². The molecule has 0 aliphatic heterocycles. The van der Waals surface area contributed by atoms with Crippen molar-refractivity contribution >= 4 is 23.8 Å². The fourth-order valence-electron chi connectivity index (χ4n) is 2.64. The average Bonchev–Trinajstić information content (AvgIpc) is 2.62. The molecule has 2 N–H and O–H groups in total. The van der Waals surface area contributed by atoms with E-state index in [9.17, 15) is 14.3 Å². The van der Waals surface area contributed by atoms with Crippen molar-refractivity contribution in [1.82, 2.24) is 4.72 Å². The Morgan fingerprint density at radius 2 is 2.04 bits per heavy atom. The van der Waals surface area contributed by atoms with Gasteiger partial charge >= 0.3 is 0 Å². The second-order valence-corrected chi connectivity index (χ2v) is 7.19. The molecule has 0 heterocycles. The van der Waals surface area contributed by atoms with Crippen LogP contribution in [0.1, 0.15) is 51.2 Å². The molecule has 2 rings (SSSR count). The van der Waals surface area contributed by atoms with Crippen LogP contribution in [0.3, 0.4) is 0 Å². The molecular formula is C20H28FNO2S. The zero-order valence-electron chi connectivity index (χ0n) is 15.6. The van der Waals surface area contributed by atoms with E-state index in [2.05, 4.69) is 4.72 Å². The van der Waals surface area contributed by atoms with Gasteiger partial charge in [-0.1, -0.05) is 31.0 Å². The summed E-state index contributed by atoms with van der Waals surface area (Å²) in [6, 6.07) is 5.11. The molecule has 0 fully saturated rings. The number of rotatable bonds is 5. The Kier molecular flexibility index (Phi) is 8.39. The first kappa shape index (κ1) is 21.5. The minimum Gasteiger partial charge on any atom is -0.507 e. The van der Waals surface area contributed by atoms with Gasteiger partial charge in [-0.25, -0.2) is 4.39 Å². The molecular weight excluding hydrogens is 337 g/mol. The normalized spacial score (nSPS) is 14.6. The second kappa shape index (κ2) is 9.78. The molecule has 0 amide bonds. The summed E-state index contributed by atoms with van der Waals surface area (Å²) in [6.07, 6.45) is 6.47. The number of halogens is 1. The Labute approximate surface area is 154 Å². The number of aromatic hydroxyl groups is 1. The van der Waals surface area contributed by atoms with Crippen LogP contribution in [0.5, 0.6) is 5.75 Å². The van der Waals surface area contributed by atoms with Crippen molar-refractivity contribution in [3.05, 3.63) is 46.8 Å². The SMILES string of the molecule is CCC1=C(F)CCC=C1c1cc(C(C)(C)C=O)ccc1O.CNSC. The van der Waals surface area contributed by atoms with E-state index in [1.807, 2.05) is 40.2 Å². The first-order valence-corrected chi connectivity index (χ1v) is 9.62. The molecule has 25 heavy (non-hydrogen) atoms. The maximum Gasteiger partial charge on any atom is 0.129 e. The van der Waals surface area contributed by atoms with E-state index in [0.29, 0.717) is 30.4 Å². The predicted molar refractivity (Wildman–Crippen MR) is 105 cm³/mol. The second-order valence-electron chi connectivity index (χ2n) is 6.37. The summed E-state index contributed by atoms with van der Waals surface area (Å²) in [5, 5.41) is 10.2. The molecule has 0 unspecified atom stereocenters. The molecule has 0 aromatic heterocycles. The van der Waals surface area contributed by atoms with Crippen LogP contribution in [0, 0.1) is 0 Å². The van der Waals surface area contributed by atoms with E-state index in [1.165, 1.54) is 0 Å². The van der Waals surface area contributed by atoms with E-state index in [1.54, 1.807) is 30.1 Å². The van der Waals surface area contributed by atoms with Gasteiger partial charge in [0.1, 0.15) is 17.9 Å². The van der Waals surface area contributed by atoms with Crippen molar-refractivity contribution in [1.29, 1.82) is 0 Å². The van der Waals surface area contributed by atoms with Crippen LogP contribution in [-0.2, 0) is 10.2 Å². The van der Waals surface area contributed by atoms with Crippen LogP contribution >= 0.6 is 11.9 Å². The Morgan fingerprint density at radius 3 is 2.56 bits per heavy atom. The first-order chi connectivity index (χ1) is 11.8. The highest BCUT2D eigenvalue weighted by atomic mass is 32.2. The van der Waals surface area contributed by atoms with Crippen LogP contribution < -0.4 is 4.72 Å². The van der Waals surface area contributed by atoms with Gasteiger partial charge in [-0.15, -0.1) is 0 Å². The highest BCUT2D eigenvalue weighted by molar-refractivity contribution is 7.96. The van der Waals surface area contributed by atoms with Crippen molar-refractivity contribution in [2.75, 3.05) is 13.3 Å². The fraction of sp³-hybridized carbons (Fsp3) is 0.450. The number of benzene rings is 1. The Bertz CT molecular complexity index is 664. The lowest BCUT2D eigenvalue weighted by molar-refractivity contribution is -0.111. The smallest absolute Gasteiger partial charge is 0.129 e. The van der Waals surface area contributed by atoms with Gasteiger partial charge in [-0.2, -0.15) is 0 Å². The Balaban J connectivity index is 0.000000705. The molecule has 138 valence electrons. The zero-order chi connectivity index (χ0) is 19.0. The number of hydrogen-bond donors (Lipinski definition) is 2. The third kappa shape index (κ3) is 5.44. The van der Waals surface area contributed by atoms with Gasteiger partial charge in [-0.3, -0.25) is 4.72 Å². The summed E-state index contributed by atoms with van der Waals surface area (Å²) in [5.41, 5.74) is 2.19. The topological polar surface area (TPSA) is 49.3 Å². The van der Waals surface area contributed by atoms with Crippen molar-refractivity contribution in [2.24, 2.45) is 0 Å². The molecule has 5 heteroatoms. The predicted octanol–water partition coefficient (Wildman–Crippen LogP) is 5.16. The first-order valence-electron chi connectivity index (χ1n) is 8.40. The van der Waals surface area contributed by atoms with E-state index in [0.717, 1.165) is 17.4 Å². The van der Waals surface area contributed by atoms with E-state index in [-0.39, 0.29) is 11.6 Å². The van der Waals surface area contributed by atoms with Gasteiger partial charge in [-0.05, 0) is 68.8 Å². The monoisotopic (exact) mass is 365 g/mol. The summed E-state index contributed by atoms with van der Waals surface area (Å²) >= 11 is 1.61. The molecule has 0 saturated heterocycles. The molecule has 3 nitrogen and oxygen atoms in total. The molecule has 1 aromatic carbocycles. The fourth-order valence-corrected chi connectivity index (χ4v) is 2.64. The van der Waals surface area contributed by atoms with Gasteiger partial charge < -0.3 is 9.90 Å². The van der Waals surface area contributed by atoms with Crippen molar-refractivity contribution < 1.29 is 14.3 Å². The quantitative estimate of drug-likeness (QED) is 0.559. The van der Waals surface area contributed by atoms with Gasteiger partial charge in [0.2, 0.25) is 0 Å². The molecule has 1 aliphatic rings. The van der Waals surface area contributed by atoms with Crippen LogP contribution in [-0.4, -0.2) is 24.7 Å². The number of phenolic OH excluding ortho intramolecular Hbond substituents is 1. The maximum absolute atomic E-state index is 14.0. The lowest BCUT2D eigenvalue weighted by atomic mass is 9.82. The highest BCUT2D eigenvalue weighted by Gasteiger charge is 2.23. The minimum absolute atomic E-state index is 0.102. The standard InChI is InChI=1S/C18H21FO2.C2H7NS/c1-4-13-14(6-5-7-16(13)19)15-10-12(8-9-17(15)21)18(2,3)11-20;1-3-4-2/h6,8-11,21H,4-5,7H2,1-3H3;3H,1-2H3. The molecule has 0 saturated carbocycles. The molecule has 1 aliphatic carbocycles. The highest BCUT2D eigenvalue weighted by Crippen LogP contribution is 2.39. The van der Waals surface area contributed by atoms with Crippen LogP contribution in [0.25, 0.3) is 5.57 Å². The number of carbonyl (C=O) groups excluding carboxylic acids is 1. The van der Waals surface area contributed by atoms with Crippen molar-refractivity contribution in [3.63, 3.8) is 0 Å². The van der Waals surface area contributed by atoms with Crippen LogP contribution in [0.4, 0.5) is 4.39 Å². The molecule has 0 bridgehead atoms. The molecule has 0 atom stereocenters. The average molecular weight is 366 g/mol. The summed E-state index contributed by atoms with van der Waals surface area (Å²) in [6.45, 7) is 5.55. The van der Waals surface area contributed by atoms with E-state index >= 15 is 0 Å². The third-order valence-corrected chi connectivity index (χ3v) is 4.66. The Hall–Kier alpha value is -1.59. The number of nitrogens with one attached hydrogen (secondary N) is 1. The van der Waals surface area contributed by atoms with Crippen LogP contribution in [0.15, 0.2) is 35.7 Å². The third-order valence-electron chi connectivity index (χ3n) is 4.25. The summed E-state index contributed by atoms with van der Waals surface area (Å²) in [4.78, 5) is 11.2. The van der Waals surface area contributed by atoms with Crippen molar-refractivity contribution in [2.45, 2.75) is 45.4 Å². The van der Waals surface area contributed by atoms with Gasteiger partial charge in [0.25, 0.3) is 0 Å². The number of carbonyl (C=O) groups is 1. The van der Waals surface area contributed by atoms with E-state index in [4.69, 9.17) is 0 Å². The number of phenols is 1.